The second kappa shape index (κ2) is 5.07. The Labute approximate surface area is 95.8 Å². The van der Waals surface area contributed by atoms with Gasteiger partial charge in [-0.25, -0.2) is 9.18 Å². The van der Waals surface area contributed by atoms with Crippen molar-refractivity contribution in [3.8, 4) is 5.75 Å². The van der Waals surface area contributed by atoms with Crippen LogP contribution in [-0.4, -0.2) is 23.6 Å². The van der Waals surface area contributed by atoms with E-state index >= 15 is 0 Å². The van der Waals surface area contributed by atoms with Crippen molar-refractivity contribution >= 4 is 5.97 Å². The van der Waals surface area contributed by atoms with Gasteiger partial charge in [-0.1, -0.05) is 6.07 Å². The summed E-state index contributed by atoms with van der Waals surface area (Å²) in [6, 6.07) is 3.26. The fourth-order valence-corrected chi connectivity index (χ4v) is 1.26. The summed E-state index contributed by atoms with van der Waals surface area (Å²) in [6.07, 6.45) is -1.05. The molecule has 1 aromatic carbocycles. The molecule has 17 heavy (non-hydrogen) atoms. The summed E-state index contributed by atoms with van der Waals surface area (Å²) in [6.45, 7) is 1.91. The topological polar surface area (TPSA) is 46.5 Å². The third-order valence-electron chi connectivity index (χ3n) is 2.04. The van der Waals surface area contributed by atoms with Crippen LogP contribution in [0.2, 0.25) is 0 Å². The lowest BCUT2D eigenvalue weighted by molar-refractivity contribution is -0.164. The van der Waals surface area contributed by atoms with E-state index in [-0.39, 0.29) is 17.9 Å². The highest BCUT2D eigenvalue weighted by molar-refractivity contribution is 5.75. The van der Waals surface area contributed by atoms with Gasteiger partial charge in [0.1, 0.15) is 0 Å². The number of alkyl halides is 2. The zero-order valence-electron chi connectivity index (χ0n) is 9.04. The van der Waals surface area contributed by atoms with Crippen LogP contribution in [-0.2, 0) is 11.2 Å². The molecule has 3 nitrogen and oxygen atoms in total. The maximum absolute atomic E-state index is 13.3. The predicted molar refractivity (Wildman–Crippen MR) is 53.9 cm³/mol. The first-order valence-electron chi connectivity index (χ1n) is 4.89. The van der Waals surface area contributed by atoms with Gasteiger partial charge in [0, 0.05) is 6.42 Å². The van der Waals surface area contributed by atoms with Crippen LogP contribution in [0.4, 0.5) is 13.2 Å². The second-order valence-corrected chi connectivity index (χ2v) is 3.38. The van der Waals surface area contributed by atoms with Crippen molar-refractivity contribution in [1.29, 1.82) is 0 Å². The van der Waals surface area contributed by atoms with Gasteiger partial charge in [-0.15, -0.1) is 0 Å². The summed E-state index contributed by atoms with van der Waals surface area (Å²) < 4.78 is 43.9. The molecule has 0 bridgehead atoms. The number of hydrogen-bond donors (Lipinski definition) is 1. The van der Waals surface area contributed by atoms with E-state index in [0.717, 1.165) is 6.07 Å². The predicted octanol–water partition coefficient (Wildman–Crippen LogP) is 2.49. The minimum Gasteiger partial charge on any atom is -0.491 e. The van der Waals surface area contributed by atoms with Crippen molar-refractivity contribution in [2.24, 2.45) is 0 Å². The van der Waals surface area contributed by atoms with Crippen LogP contribution in [0.5, 0.6) is 5.75 Å². The number of benzene rings is 1. The van der Waals surface area contributed by atoms with Gasteiger partial charge in [-0.05, 0) is 24.6 Å². The van der Waals surface area contributed by atoms with Crippen molar-refractivity contribution in [3.63, 3.8) is 0 Å². The smallest absolute Gasteiger partial charge is 0.374 e. The molecule has 0 aliphatic heterocycles. The third kappa shape index (κ3) is 3.37. The summed E-state index contributed by atoms with van der Waals surface area (Å²) in [5, 5.41) is 8.24. The van der Waals surface area contributed by atoms with Gasteiger partial charge in [0.2, 0.25) is 0 Å². The first-order chi connectivity index (χ1) is 7.86. The zero-order chi connectivity index (χ0) is 13.1. The minimum atomic E-state index is -3.90. The number of carboxylic acid groups (broad SMARTS) is 1. The molecule has 0 fully saturated rings. The van der Waals surface area contributed by atoms with Crippen molar-refractivity contribution in [2.45, 2.75) is 19.3 Å². The normalized spacial score (nSPS) is 11.3. The van der Waals surface area contributed by atoms with Crippen molar-refractivity contribution < 1.29 is 27.8 Å². The van der Waals surface area contributed by atoms with Crippen LogP contribution in [0.1, 0.15) is 12.5 Å². The zero-order valence-corrected chi connectivity index (χ0v) is 9.04. The van der Waals surface area contributed by atoms with Gasteiger partial charge in [-0.3, -0.25) is 0 Å². The lowest BCUT2D eigenvalue weighted by atomic mass is 10.1. The van der Waals surface area contributed by atoms with Crippen LogP contribution < -0.4 is 4.74 Å². The van der Waals surface area contributed by atoms with E-state index < -0.39 is 24.1 Å². The van der Waals surface area contributed by atoms with E-state index in [1.807, 2.05) is 0 Å². The summed E-state index contributed by atoms with van der Waals surface area (Å²) in [5.41, 5.74) is -0.0987. The Balaban J connectivity index is 2.87. The van der Waals surface area contributed by atoms with E-state index in [0.29, 0.717) is 0 Å². The molecule has 0 saturated carbocycles. The molecule has 0 atom stereocenters. The molecule has 1 rings (SSSR count). The van der Waals surface area contributed by atoms with Gasteiger partial charge >= 0.3 is 11.9 Å². The molecule has 6 heteroatoms. The fourth-order valence-electron chi connectivity index (χ4n) is 1.26. The van der Waals surface area contributed by atoms with Crippen LogP contribution in [0.25, 0.3) is 0 Å². The molecule has 0 aliphatic carbocycles. The standard InChI is InChI=1S/C11H11F3O3/c1-2-17-9-4-3-7(5-8(9)12)6-11(13,14)10(15)16/h3-5H,2,6H2,1H3,(H,15,16). The van der Waals surface area contributed by atoms with Crippen LogP contribution in [0.15, 0.2) is 18.2 Å². The lowest BCUT2D eigenvalue weighted by Crippen LogP contribution is -2.30. The van der Waals surface area contributed by atoms with Gasteiger partial charge in [0.05, 0.1) is 6.61 Å². The monoisotopic (exact) mass is 248 g/mol. The number of halogens is 3. The molecule has 0 heterocycles. The maximum Gasteiger partial charge on any atom is 0.374 e. The number of rotatable bonds is 5. The molecular weight excluding hydrogens is 237 g/mol. The van der Waals surface area contributed by atoms with Gasteiger partial charge in [0.15, 0.2) is 11.6 Å². The summed E-state index contributed by atoms with van der Waals surface area (Å²) >= 11 is 0. The third-order valence-corrected chi connectivity index (χ3v) is 2.04. The first-order valence-corrected chi connectivity index (χ1v) is 4.89. The molecule has 94 valence electrons. The van der Waals surface area contributed by atoms with Crippen molar-refractivity contribution in [3.05, 3.63) is 29.6 Å². The first kappa shape index (κ1) is 13.3. The Kier molecular flexibility index (Phi) is 3.98. The molecular formula is C11H11F3O3. The number of hydrogen-bond acceptors (Lipinski definition) is 2. The van der Waals surface area contributed by atoms with Gasteiger partial charge < -0.3 is 9.84 Å². The molecule has 0 aliphatic rings. The van der Waals surface area contributed by atoms with E-state index in [4.69, 9.17) is 9.84 Å². The highest BCUT2D eigenvalue weighted by atomic mass is 19.3. The van der Waals surface area contributed by atoms with E-state index in [2.05, 4.69) is 0 Å². The molecule has 0 amide bonds. The highest BCUT2D eigenvalue weighted by Crippen LogP contribution is 2.24. The summed E-state index contributed by atoms with van der Waals surface area (Å²) in [5.74, 6) is -6.97. The molecule has 0 unspecified atom stereocenters. The number of carboxylic acids is 1. The van der Waals surface area contributed by atoms with E-state index in [1.54, 1.807) is 6.92 Å². The minimum absolute atomic E-state index is 0.0464. The second-order valence-electron chi connectivity index (χ2n) is 3.38. The largest absolute Gasteiger partial charge is 0.491 e. The maximum atomic E-state index is 13.3. The highest BCUT2D eigenvalue weighted by Gasteiger charge is 2.38. The number of ether oxygens (including phenoxy) is 1. The average Bonchev–Trinajstić information content (AvgIpc) is 2.21. The Hall–Kier alpha value is -1.72. The molecule has 0 aromatic heterocycles. The number of carbonyl (C=O) groups is 1. The molecule has 1 N–H and O–H groups in total. The van der Waals surface area contributed by atoms with Crippen LogP contribution in [0.3, 0.4) is 0 Å². The van der Waals surface area contributed by atoms with E-state index in [9.17, 15) is 18.0 Å². The SMILES string of the molecule is CCOc1ccc(CC(F)(F)C(=O)O)cc1F. The lowest BCUT2D eigenvalue weighted by Gasteiger charge is -2.12. The fraction of sp³-hybridized carbons (Fsp3) is 0.364. The Morgan fingerprint density at radius 2 is 2.12 bits per heavy atom. The van der Waals surface area contributed by atoms with Crippen LogP contribution in [0, 0.1) is 5.82 Å². The molecule has 0 radical (unpaired) electrons. The van der Waals surface area contributed by atoms with Crippen molar-refractivity contribution in [1.82, 2.24) is 0 Å². The van der Waals surface area contributed by atoms with E-state index in [1.165, 1.54) is 12.1 Å². The summed E-state index contributed by atoms with van der Waals surface area (Å²) in [4.78, 5) is 10.2. The molecule has 0 spiro atoms. The average molecular weight is 248 g/mol. The molecule has 0 saturated heterocycles. The van der Waals surface area contributed by atoms with Gasteiger partial charge in [-0.2, -0.15) is 8.78 Å². The van der Waals surface area contributed by atoms with Crippen molar-refractivity contribution in [2.75, 3.05) is 6.61 Å². The Morgan fingerprint density at radius 1 is 1.47 bits per heavy atom. The Bertz CT molecular complexity index is 418. The van der Waals surface area contributed by atoms with Gasteiger partial charge in [0.25, 0.3) is 0 Å². The quantitative estimate of drug-likeness (QED) is 0.870. The molecule has 1 aromatic rings. The number of aliphatic carboxylic acids is 1. The van der Waals surface area contributed by atoms with Crippen LogP contribution >= 0.6 is 0 Å². The Morgan fingerprint density at radius 3 is 2.59 bits per heavy atom. The summed E-state index contributed by atoms with van der Waals surface area (Å²) in [7, 11) is 0.